The molecule has 3 aromatic rings. The van der Waals surface area contributed by atoms with Gasteiger partial charge in [0.1, 0.15) is 0 Å². The summed E-state index contributed by atoms with van der Waals surface area (Å²) in [6.45, 7) is 2.67. The number of imide groups is 1. The molecule has 1 N–H and O–H groups in total. The molecular formula is C23H22N4O4S2. The van der Waals surface area contributed by atoms with Crippen molar-refractivity contribution in [1.82, 2.24) is 19.8 Å². The third kappa shape index (κ3) is 5.45. The molecule has 1 fully saturated rings. The van der Waals surface area contributed by atoms with E-state index in [1.165, 1.54) is 11.8 Å². The minimum atomic E-state index is -0.288. The summed E-state index contributed by atoms with van der Waals surface area (Å²) in [5, 5.41) is 3.41. The number of carbonyl (C=O) groups excluding carboxylic acids is 3. The maximum absolute atomic E-state index is 13.2. The molecule has 0 bridgehead atoms. The second-order valence-corrected chi connectivity index (χ2v) is 9.40. The zero-order valence-corrected chi connectivity index (χ0v) is 19.6. The number of rotatable bonds is 8. The molecule has 8 nitrogen and oxygen atoms in total. The fraction of sp³-hybridized carbons (Fsp3) is 0.261. The zero-order valence-electron chi connectivity index (χ0n) is 17.9. The average Bonchev–Trinajstić information content (AvgIpc) is 3.13. The Morgan fingerprint density at radius 3 is 2.61 bits per heavy atom. The number of carbonyl (C=O) groups is 3. The number of para-hydroxylation sites is 1. The first kappa shape index (κ1) is 23.1. The monoisotopic (exact) mass is 482 g/mol. The Kier molecular flexibility index (Phi) is 7.14. The van der Waals surface area contributed by atoms with E-state index in [-0.39, 0.29) is 47.2 Å². The first-order chi connectivity index (χ1) is 15.9. The average molecular weight is 483 g/mol. The number of nitrogens with one attached hydrogen (secondary N) is 1. The lowest BCUT2D eigenvalue weighted by atomic mass is 10.1. The van der Waals surface area contributed by atoms with E-state index in [1.54, 1.807) is 22.8 Å². The van der Waals surface area contributed by atoms with Gasteiger partial charge in [0.25, 0.3) is 10.8 Å². The Morgan fingerprint density at radius 2 is 1.88 bits per heavy atom. The topological polar surface area (TPSA) is 101 Å². The minimum absolute atomic E-state index is 0.0509. The summed E-state index contributed by atoms with van der Waals surface area (Å²) in [5.74, 6) is -0.311. The van der Waals surface area contributed by atoms with Crippen molar-refractivity contribution in [1.29, 1.82) is 0 Å². The van der Waals surface area contributed by atoms with Gasteiger partial charge < -0.3 is 5.32 Å². The van der Waals surface area contributed by atoms with Crippen molar-refractivity contribution in [2.45, 2.75) is 18.6 Å². The van der Waals surface area contributed by atoms with Crippen LogP contribution in [-0.2, 0) is 16.1 Å². The van der Waals surface area contributed by atoms with Gasteiger partial charge in [-0.3, -0.25) is 28.6 Å². The lowest BCUT2D eigenvalue weighted by Gasteiger charge is -2.14. The number of hydrogen-bond donors (Lipinski definition) is 1. The summed E-state index contributed by atoms with van der Waals surface area (Å²) in [7, 11) is 0. The molecule has 4 rings (SSSR count). The van der Waals surface area contributed by atoms with Gasteiger partial charge in [-0.1, -0.05) is 65.5 Å². The molecule has 0 aliphatic carbocycles. The number of fused-ring (bicyclic) bond motifs is 1. The molecule has 0 unspecified atom stereocenters. The molecule has 1 aliphatic heterocycles. The molecule has 0 spiro atoms. The van der Waals surface area contributed by atoms with Crippen LogP contribution in [0.25, 0.3) is 10.9 Å². The fourth-order valence-electron chi connectivity index (χ4n) is 3.36. The van der Waals surface area contributed by atoms with Crippen molar-refractivity contribution in [2.24, 2.45) is 0 Å². The molecule has 33 heavy (non-hydrogen) atoms. The summed E-state index contributed by atoms with van der Waals surface area (Å²) in [5.41, 5.74) is 2.51. The van der Waals surface area contributed by atoms with Crippen LogP contribution < -0.4 is 10.9 Å². The van der Waals surface area contributed by atoms with Gasteiger partial charge in [0.2, 0.25) is 11.8 Å². The van der Waals surface area contributed by atoms with E-state index < -0.39 is 0 Å². The number of aryl methyl sites for hydroxylation is 1. The summed E-state index contributed by atoms with van der Waals surface area (Å²) in [6, 6.07) is 15.1. The molecule has 2 heterocycles. The second kappa shape index (κ2) is 10.2. The third-order valence-corrected chi connectivity index (χ3v) is 6.95. The molecule has 1 aliphatic rings. The highest BCUT2D eigenvalue weighted by Crippen LogP contribution is 2.20. The number of nitrogens with zero attached hydrogens (tertiary/aromatic N) is 3. The number of hydrogen-bond acceptors (Lipinski definition) is 7. The third-order valence-electron chi connectivity index (χ3n) is 5.12. The molecular weight excluding hydrogens is 460 g/mol. The zero-order chi connectivity index (χ0) is 23.4. The predicted octanol–water partition coefficient (Wildman–Crippen LogP) is 2.66. The molecule has 10 heteroatoms. The molecule has 2 aromatic carbocycles. The quantitative estimate of drug-likeness (QED) is 0.389. The van der Waals surface area contributed by atoms with Crippen LogP contribution in [0.1, 0.15) is 11.1 Å². The van der Waals surface area contributed by atoms with Crippen molar-refractivity contribution in [3.63, 3.8) is 0 Å². The van der Waals surface area contributed by atoms with E-state index in [2.05, 4.69) is 10.3 Å². The van der Waals surface area contributed by atoms with Crippen molar-refractivity contribution in [2.75, 3.05) is 24.6 Å². The number of amides is 3. The maximum Gasteiger partial charge on any atom is 0.288 e. The maximum atomic E-state index is 13.2. The van der Waals surface area contributed by atoms with Gasteiger partial charge in [-0.05, 0) is 24.6 Å². The highest BCUT2D eigenvalue weighted by atomic mass is 32.2. The Bertz CT molecular complexity index is 1260. The Labute approximate surface area is 198 Å². The van der Waals surface area contributed by atoms with Gasteiger partial charge in [0.05, 0.1) is 29.0 Å². The van der Waals surface area contributed by atoms with Crippen molar-refractivity contribution in [3.8, 4) is 0 Å². The van der Waals surface area contributed by atoms with E-state index in [4.69, 9.17) is 0 Å². The van der Waals surface area contributed by atoms with E-state index in [1.807, 2.05) is 37.3 Å². The highest BCUT2D eigenvalue weighted by Gasteiger charge is 2.29. The van der Waals surface area contributed by atoms with Gasteiger partial charge >= 0.3 is 0 Å². The van der Waals surface area contributed by atoms with Crippen LogP contribution in [0.4, 0.5) is 4.79 Å². The predicted molar refractivity (Wildman–Crippen MR) is 130 cm³/mol. The first-order valence-electron chi connectivity index (χ1n) is 10.3. The number of aromatic nitrogens is 2. The molecule has 1 aromatic heterocycles. The lowest BCUT2D eigenvalue weighted by molar-refractivity contribution is -0.125. The Hall–Kier alpha value is -3.11. The summed E-state index contributed by atoms with van der Waals surface area (Å²) in [4.78, 5) is 54.6. The number of thioether (sulfide) groups is 2. The van der Waals surface area contributed by atoms with Gasteiger partial charge in [-0.15, -0.1) is 0 Å². The highest BCUT2D eigenvalue weighted by molar-refractivity contribution is 8.14. The summed E-state index contributed by atoms with van der Waals surface area (Å²) < 4.78 is 1.59. The van der Waals surface area contributed by atoms with Crippen LogP contribution in [0.15, 0.2) is 58.5 Å². The van der Waals surface area contributed by atoms with E-state index in [9.17, 15) is 19.2 Å². The summed E-state index contributed by atoms with van der Waals surface area (Å²) in [6.07, 6.45) is 0. The van der Waals surface area contributed by atoms with E-state index in [0.717, 1.165) is 27.8 Å². The SMILES string of the molecule is Cc1ccc(Cn2c(SCC(=O)NCCN3C(=O)CSC3=O)nc3ccccc3c2=O)cc1. The lowest BCUT2D eigenvalue weighted by Crippen LogP contribution is -2.38. The smallest absolute Gasteiger partial charge is 0.288 e. The van der Waals surface area contributed by atoms with E-state index >= 15 is 0 Å². The molecule has 170 valence electrons. The van der Waals surface area contributed by atoms with Crippen LogP contribution in [0, 0.1) is 6.92 Å². The first-order valence-corrected chi connectivity index (χ1v) is 12.3. The van der Waals surface area contributed by atoms with Crippen molar-refractivity contribution >= 4 is 51.5 Å². The molecule has 0 radical (unpaired) electrons. The van der Waals surface area contributed by atoms with Crippen molar-refractivity contribution in [3.05, 3.63) is 70.0 Å². The normalized spacial score (nSPS) is 13.7. The summed E-state index contributed by atoms with van der Waals surface area (Å²) >= 11 is 2.14. The van der Waals surface area contributed by atoms with Crippen LogP contribution in [0.2, 0.25) is 0 Å². The van der Waals surface area contributed by atoms with Crippen LogP contribution >= 0.6 is 23.5 Å². The largest absolute Gasteiger partial charge is 0.354 e. The van der Waals surface area contributed by atoms with Gasteiger partial charge in [0, 0.05) is 13.1 Å². The van der Waals surface area contributed by atoms with Gasteiger partial charge in [0.15, 0.2) is 5.16 Å². The van der Waals surface area contributed by atoms with Crippen molar-refractivity contribution < 1.29 is 14.4 Å². The molecule has 0 saturated carbocycles. The van der Waals surface area contributed by atoms with Crippen LogP contribution in [0.3, 0.4) is 0 Å². The van der Waals surface area contributed by atoms with E-state index in [0.29, 0.717) is 22.6 Å². The van der Waals surface area contributed by atoms with Gasteiger partial charge in [-0.25, -0.2) is 4.98 Å². The second-order valence-electron chi connectivity index (χ2n) is 7.53. The molecule has 3 amide bonds. The molecule has 0 atom stereocenters. The van der Waals surface area contributed by atoms with Crippen LogP contribution in [-0.4, -0.2) is 56.1 Å². The minimum Gasteiger partial charge on any atom is -0.354 e. The number of benzene rings is 2. The Morgan fingerprint density at radius 1 is 1.12 bits per heavy atom. The molecule has 1 saturated heterocycles. The van der Waals surface area contributed by atoms with Gasteiger partial charge in [-0.2, -0.15) is 0 Å². The fourth-order valence-corrected chi connectivity index (χ4v) is 4.94. The van der Waals surface area contributed by atoms with Crippen LogP contribution in [0.5, 0.6) is 0 Å². The Balaban J connectivity index is 1.47. The standard InChI is InChI=1S/C23H22N4O4S2/c1-15-6-8-16(9-7-15)12-27-21(30)17-4-2-3-5-18(17)25-22(27)32-13-19(28)24-10-11-26-20(29)14-33-23(26)31/h2-9H,10-14H2,1H3,(H,24,28).